The van der Waals surface area contributed by atoms with Crippen molar-refractivity contribution in [1.82, 2.24) is 9.55 Å². The summed E-state index contributed by atoms with van der Waals surface area (Å²) in [6, 6.07) is 8.04. The molecular weight excluding hydrogens is 244 g/mol. The molecule has 1 aromatic carbocycles. The third kappa shape index (κ3) is 2.30. The van der Waals surface area contributed by atoms with E-state index in [-0.39, 0.29) is 0 Å². The molecule has 0 unspecified atom stereocenters. The fraction of sp³-hybridized carbons (Fsp3) is 0.400. The summed E-state index contributed by atoms with van der Waals surface area (Å²) in [5.41, 5.74) is 2.43. The maximum Gasteiger partial charge on any atom is 0.109 e. The van der Waals surface area contributed by atoms with Crippen LogP contribution in [0.15, 0.2) is 30.5 Å². The van der Waals surface area contributed by atoms with Gasteiger partial charge in [0.15, 0.2) is 0 Å². The van der Waals surface area contributed by atoms with Crippen molar-refractivity contribution >= 4 is 11.6 Å². The molecule has 2 nitrogen and oxygen atoms in total. The number of nitrogens with zero attached hydrogens (tertiary/aromatic N) is 2. The Morgan fingerprint density at radius 2 is 1.78 bits per heavy atom. The van der Waals surface area contributed by atoms with Crippen LogP contribution in [0.1, 0.15) is 31.5 Å². The van der Waals surface area contributed by atoms with Crippen molar-refractivity contribution in [3.63, 3.8) is 0 Å². The quantitative estimate of drug-likeness (QED) is 0.747. The van der Waals surface area contributed by atoms with E-state index in [2.05, 4.69) is 21.7 Å². The largest absolute Gasteiger partial charge is 0.328 e. The molecule has 0 saturated carbocycles. The Hall–Kier alpha value is -1.28. The van der Waals surface area contributed by atoms with Gasteiger partial charge in [-0.2, -0.15) is 0 Å². The highest BCUT2D eigenvalue weighted by molar-refractivity contribution is 6.30. The van der Waals surface area contributed by atoms with Crippen molar-refractivity contribution < 1.29 is 0 Å². The smallest absolute Gasteiger partial charge is 0.109 e. The summed E-state index contributed by atoms with van der Waals surface area (Å²) in [6.45, 7) is 1.09. The molecule has 0 N–H and O–H groups in total. The second kappa shape index (κ2) is 5.15. The molecule has 2 heterocycles. The van der Waals surface area contributed by atoms with Gasteiger partial charge in [0.05, 0.1) is 11.9 Å². The molecular formula is C15H17ClN2. The monoisotopic (exact) mass is 260 g/mol. The fourth-order valence-electron chi connectivity index (χ4n) is 2.62. The van der Waals surface area contributed by atoms with Gasteiger partial charge < -0.3 is 4.57 Å². The average Bonchev–Trinajstić information content (AvgIpc) is 2.72. The van der Waals surface area contributed by atoms with E-state index < -0.39 is 0 Å². The lowest BCUT2D eigenvalue weighted by atomic mass is 10.1. The second-order valence-corrected chi connectivity index (χ2v) is 5.32. The van der Waals surface area contributed by atoms with Crippen LogP contribution in [0.4, 0.5) is 0 Å². The molecule has 0 atom stereocenters. The fourth-order valence-corrected chi connectivity index (χ4v) is 2.75. The number of benzene rings is 1. The number of halogens is 1. The van der Waals surface area contributed by atoms with E-state index in [1.807, 2.05) is 18.3 Å². The molecule has 2 aromatic rings. The van der Waals surface area contributed by atoms with Crippen LogP contribution in [0.3, 0.4) is 0 Å². The molecule has 0 spiro atoms. The van der Waals surface area contributed by atoms with E-state index in [0.717, 1.165) is 18.0 Å². The minimum absolute atomic E-state index is 0.783. The number of rotatable bonds is 1. The maximum absolute atomic E-state index is 5.94. The minimum atomic E-state index is 0.783. The number of hydrogen-bond donors (Lipinski definition) is 0. The molecule has 1 aliphatic heterocycles. The molecule has 0 radical (unpaired) electrons. The SMILES string of the molecule is Clc1ccc(-c2cnc3n2CCCCCC3)cc1. The molecule has 0 fully saturated rings. The van der Waals surface area contributed by atoms with Crippen LogP contribution < -0.4 is 0 Å². The van der Waals surface area contributed by atoms with E-state index >= 15 is 0 Å². The predicted octanol–water partition coefficient (Wildman–Crippen LogP) is 4.32. The van der Waals surface area contributed by atoms with E-state index in [9.17, 15) is 0 Å². The number of fused-ring (bicyclic) bond motifs is 1. The second-order valence-electron chi connectivity index (χ2n) is 4.88. The summed E-state index contributed by atoms with van der Waals surface area (Å²) in [7, 11) is 0. The lowest BCUT2D eigenvalue weighted by Crippen LogP contribution is -2.08. The normalized spacial score (nSPS) is 15.8. The van der Waals surface area contributed by atoms with Crippen molar-refractivity contribution in [2.45, 2.75) is 38.6 Å². The van der Waals surface area contributed by atoms with E-state index in [1.54, 1.807) is 0 Å². The predicted molar refractivity (Wildman–Crippen MR) is 74.8 cm³/mol. The zero-order valence-electron chi connectivity index (χ0n) is 10.4. The Labute approximate surface area is 113 Å². The zero-order valence-corrected chi connectivity index (χ0v) is 11.2. The van der Waals surface area contributed by atoms with Crippen LogP contribution in [-0.4, -0.2) is 9.55 Å². The zero-order chi connectivity index (χ0) is 12.4. The van der Waals surface area contributed by atoms with Crippen molar-refractivity contribution in [1.29, 1.82) is 0 Å². The molecule has 1 aromatic heterocycles. The lowest BCUT2D eigenvalue weighted by Gasteiger charge is -2.15. The van der Waals surface area contributed by atoms with E-state index in [0.29, 0.717) is 0 Å². The Kier molecular flexibility index (Phi) is 3.37. The van der Waals surface area contributed by atoms with Gasteiger partial charge in [-0.05, 0) is 30.5 Å². The third-order valence-electron chi connectivity index (χ3n) is 3.61. The first-order valence-corrected chi connectivity index (χ1v) is 7.03. The van der Waals surface area contributed by atoms with Gasteiger partial charge in [0.25, 0.3) is 0 Å². The van der Waals surface area contributed by atoms with Crippen molar-refractivity contribution in [3.05, 3.63) is 41.3 Å². The van der Waals surface area contributed by atoms with Crippen LogP contribution >= 0.6 is 11.6 Å². The highest BCUT2D eigenvalue weighted by atomic mass is 35.5. The first kappa shape index (κ1) is 11.8. The molecule has 0 bridgehead atoms. The molecule has 3 heteroatoms. The highest BCUT2D eigenvalue weighted by Gasteiger charge is 2.13. The summed E-state index contributed by atoms with van der Waals surface area (Å²) >= 11 is 5.94. The van der Waals surface area contributed by atoms with Gasteiger partial charge in [-0.3, -0.25) is 0 Å². The van der Waals surface area contributed by atoms with Crippen molar-refractivity contribution in [2.75, 3.05) is 0 Å². The van der Waals surface area contributed by atoms with Gasteiger partial charge >= 0.3 is 0 Å². The molecule has 0 amide bonds. The number of aryl methyl sites for hydroxylation is 1. The first-order valence-electron chi connectivity index (χ1n) is 6.65. The average molecular weight is 261 g/mol. The summed E-state index contributed by atoms with van der Waals surface area (Å²) in [5.74, 6) is 1.24. The Bertz CT molecular complexity index is 528. The molecule has 3 rings (SSSR count). The Balaban J connectivity index is 1.99. The van der Waals surface area contributed by atoms with Crippen molar-refractivity contribution in [3.8, 4) is 11.3 Å². The van der Waals surface area contributed by atoms with Crippen LogP contribution in [-0.2, 0) is 13.0 Å². The van der Waals surface area contributed by atoms with Gasteiger partial charge in [-0.15, -0.1) is 0 Å². The molecule has 1 aliphatic rings. The van der Waals surface area contributed by atoms with Crippen LogP contribution in [0.2, 0.25) is 5.02 Å². The summed E-state index contributed by atoms with van der Waals surface area (Å²) in [4.78, 5) is 4.59. The molecule has 0 aliphatic carbocycles. The Morgan fingerprint density at radius 3 is 2.61 bits per heavy atom. The number of aromatic nitrogens is 2. The molecule has 0 saturated heterocycles. The first-order chi connectivity index (χ1) is 8.84. The number of imidazole rings is 1. The topological polar surface area (TPSA) is 17.8 Å². The van der Waals surface area contributed by atoms with Crippen LogP contribution in [0.5, 0.6) is 0 Å². The van der Waals surface area contributed by atoms with E-state index in [1.165, 1.54) is 42.8 Å². The van der Waals surface area contributed by atoms with Crippen LogP contribution in [0.25, 0.3) is 11.3 Å². The van der Waals surface area contributed by atoms with Gasteiger partial charge in [-0.1, -0.05) is 36.6 Å². The van der Waals surface area contributed by atoms with E-state index in [4.69, 9.17) is 11.6 Å². The van der Waals surface area contributed by atoms with Crippen LogP contribution in [0, 0.1) is 0 Å². The lowest BCUT2D eigenvalue weighted by molar-refractivity contribution is 0.518. The van der Waals surface area contributed by atoms with Gasteiger partial charge in [0.1, 0.15) is 5.82 Å². The minimum Gasteiger partial charge on any atom is -0.328 e. The van der Waals surface area contributed by atoms with Gasteiger partial charge in [0.2, 0.25) is 0 Å². The highest BCUT2D eigenvalue weighted by Crippen LogP contribution is 2.25. The molecule has 94 valence electrons. The summed E-state index contributed by atoms with van der Waals surface area (Å²) < 4.78 is 2.38. The summed E-state index contributed by atoms with van der Waals surface area (Å²) in [5, 5.41) is 0.783. The van der Waals surface area contributed by atoms with Gasteiger partial charge in [0, 0.05) is 18.0 Å². The summed E-state index contributed by atoms with van der Waals surface area (Å²) in [6.07, 6.45) is 8.29. The number of hydrogen-bond acceptors (Lipinski definition) is 1. The van der Waals surface area contributed by atoms with Crippen molar-refractivity contribution in [2.24, 2.45) is 0 Å². The standard InChI is InChI=1S/C15H17ClN2/c16-13-8-6-12(7-9-13)14-11-17-15-5-3-1-2-4-10-18(14)15/h6-9,11H,1-5,10H2. The Morgan fingerprint density at radius 1 is 1.00 bits per heavy atom. The third-order valence-corrected chi connectivity index (χ3v) is 3.86. The molecule has 18 heavy (non-hydrogen) atoms. The van der Waals surface area contributed by atoms with Gasteiger partial charge in [-0.25, -0.2) is 4.98 Å². The maximum atomic E-state index is 5.94.